The maximum Gasteiger partial charge on any atom is 0.333 e. The van der Waals surface area contributed by atoms with E-state index in [1.807, 2.05) is 24.3 Å². The van der Waals surface area contributed by atoms with Crippen LogP contribution in [0.25, 0.3) is 21.0 Å². The Balaban J connectivity index is 1.54. The van der Waals surface area contributed by atoms with E-state index in [-0.39, 0.29) is 18.0 Å². The van der Waals surface area contributed by atoms with Gasteiger partial charge in [0.15, 0.2) is 0 Å². The number of aromatic nitrogens is 3. The highest BCUT2D eigenvalue weighted by Crippen LogP contribution is 2.46. The molecule has 1 aromatic carbocycles. The molecule has 222 valence electrons. The summed E-state index contributed by atoms with van der Waals surface area (Å²) < 4.78 is 20.4. The standard InChI is InChI=1S/C31H35N3O7S/c1-17-24-27(35)34(31(2,3)29(36)37)30(38)33(28(24)42-25(17)26-32-12-13-40-26)16-23(21-10-5-6-11-22(21)39-4)41-20-14-18-8-7-9-19(18)15-20/h5-6,10-13,18-20,23H,7-9,14-16H2,1-4H3,(H,36,37)/t18-,19-,23+/m0/s1. The van der Waals surface area contributed by atoms with Gasteiger partial charge in [-0.05, 0) is 57.1 Å². The summed E-state index contributed by atoms with van der Waals surface area (Å²) in [5.41, 5.74) is -1.82. The molecule has 2 aliphatic rings. The van der Waals surface area contributed by atoms with E-state index in [4.69, 9.17) is 13.9 Å². The van der Waals surface area contributed by atoms with E-state index < -0.39 is 28.9 Å². The first-order valence-corrected chi connectivity index (χ1v) is 15.1. The van der Waals surface area contributed by atoms with Gasteiger partial charge in [0, 0.05) is 5.56 Å². The minimum absolute atomic E-state index is 0.0238. The molecule has 4 aromatic rings. The maximum absolute atomic E-state index is 14.2. The van der Waals surface area contributed by atoms with Crippen molar-refractivity contribution in [3.8, 4) is 16.5 Å². The molecule has 0 aliphatic heterocycles. The highest BCUT2D eigenvalue weighted by atomic mass is 32.1. The van der Waals surface area contributed by atoms with Crippen LogP contribution >= 0.6 is 11.3 Å². The van der Waals surface area contributed by atoms with Crippen molar-refractivity contribution >= 4 is 27.5 Å². The lowest BCUT2D eigenvalue weighted by atomic mass is 10.0. The van der Waals surface area contributed by atoms with Crippen molar-refractivity contribution in [1.82, 2.24) is 14.1 Å². The SMILES string of the molecule is COc1ccccc1[C@@H](Cn1c(=O)n(C(C)(C)C(=O)O)c(=O)c2c(C)c(-c3ncco3)sc21)OC1C[C@@H]2CCC[C@H]2C1. The highest BCUT2D eigenvalue weighted by molar-refractivity contribution is 7.22. The Morgan fingerprint density at radius 1 is 1.21 bits per heavy atom. The summed E-state index contributed by atoms with van der Waals surface area (Å²) in [7, 11) is 1.60. The number of carboxylic acids is 1. The summed E-state index contributed by atoms with van der Waals surface area (Å²) in [4.78, 5) is 45.7. The number of thiophene rings is 1. The van der Waals surface area contributed by atoms with Crippen LogP contribution in [0.5, 0.6) is 5.75 Å². The van der Waals surface area contributed by atoms with E-state index in [0.717, 1.165) is 23.0 Å². The van der Waals surface area contributed by atoms with Gasteiger partial charge in [-0.1, -0.05) is 37.5 Å². The quantitative estimate of drug-likeness (QED) is 0.275. The number of para-hydroxylation sites is 1. The zero-order valence-corrected chi connectivity index (χ0v) is 25.0. The highest BCUT2D eigenvalue weighted by Gasteiger charge is 2.40. The van der Waals surface area contributed by atoms with Crippen LogP contribution in [-0.4, -0.2) is 38.4 Å². The molecule has 0 radical (unpaired) electrons. The number of aliphatic carboxylic acids is 1. The second-order valence-electron chi connectivity index (χ2n) is 11.9. The molecule has 6 rings (SSSR count). The van der Waals surface area contributed by atoms with Crippen molar-refractivity contribution in [2.45, 2.75) is 77.2 Å². The van der Waals surface area contributed by atoms with Crippen molar-refractivity contribution in [3.63, 3.8) is 0 Å². The van der Waals surface area contributed by atoms with Crippen molar-refractivity contribution in [2.24, 2.45) is 11.8 Å². The molecule has 3 heterocycles. The van der Waals surface area contributed by atoms with Gasteiger partial charge < -0.3 is 19.0 Å². The van der Waals surface area contributed by atoms with Crippen LogP contribution in [0, 0.1) is 18.8 Å². The van der Waals surface area contributed by atoms with E-state index in [0.29, 0.717) is 38.7 Å². The van der Waals surface area contributed by atoms with Gasteiger partial charge in [-0.3, -0.25) is 9.36 Å². The zero-order valence-electron chi connectivity index (χ0n) is 24.2. The van der Waals surface area contributed by atoms with Gasteiger partial charge >= 0.3 is 11.7 Å². The van der Waals surface area contributed by atoms with Crippen LogP contribution < -0.4 is 16.0 Å². The van der Waals surface area contributed by atoms with E-state index in [1.54, 1.807) is 14.0 Å². The number of aryl methyl sites for hydroxylation is 1. The van der Waals surface area contributed by atoms with Crippen LogP contribution in [0.4, 0.5) is 0 Å². The molecule has 0 saturated heterocycles. The number of carbonyl (C=O) groups is 1. The molecule has 1 N–H and O–H groups in total. The molecule has 2 aliphatic carbocycles. The van der Waals surface area contributed by atoms with Crippen LogP contribution in [0.15, 0.2) is 50.7 Å². The zero-order chi connectivity index (χ0) is 29.8. The molecule has 11 heteroatoms. The Morgan fingerprint density at radius 2 is 1.93 bits per heavy atom. The van der Waals surface area contributed by atoms with E-state index in [9.17, 15) is 19.5 Å². The number of nitrogens with zero attached hydrogens (tertiary/aromatic N) is 3. The average Bonchev–Trinajstić information content (AvgIpc) is 3.75. The van der Waals surface area contributed by atoms with Crippen molar-refractivity contribution < 1.29 is 23.8 Å². The molecule has 0 spiro atoms. The molecular formula is C31H35N3O7S. The fourth-order valence-electron chi connectivity index (χ4n) is 6.80. The lowest BCUT2D eigenvalue weighted by molar-refractivity contribution is -0.146. The van der Waals surface area contributed by atoms with Crippen molar-refractivity contribution in [3.05, 3.63) is 68.7 Å². The summed E-state index contributed by atoms with van der Waals surface area (Å²) in [5, 5.41) is 10.3. The van der Waals surface area contributed by atoms with Crippen molar-refractivity contribution in [1.29, 1.82) is 0 Å². The van der Waals surface area contributed by atoms with Gasteiger partial charge in [0.1, 0.15) is 28.5 Å². The molecule has 0 amide bonds. The molecule has 2 saturated carbocycles. The summed E-state index contributed by atoms with van der Waals surface area (Å²) >= 11 is 1.23. The normalized spacial score (nSPS) is 19.8. The number of hydrogen-bond donors (Lipinski definition) is 1. The first-order chi connectivity index (χ1) is 20.1. The summed E-state index contributed by atoms with van der Waals surface area (Å²) in [6.07, 6.45) is 8.04. The number of hydrogen-bond acceptors (Lipinski definition) is 8. The molecule has 10 nitrogen and oxygen atoms in total. The minimum Gasteiger partial charge on any atom is -0.496 e. The Kier molecular flexibility index (Phi) is 7.34. The number of benzene rings is 1. The summed E-state index contributed by atoms with van der Waals surface area (Å²) in [6.45, 7) is 4.54. The van der Waals surface area contributed by atoms with Crippen LogP contribution in [0.2, 0.25) is 0 Å². The molecular weight excluding hydrogens is 558 g/mol. The smallest absolute Gasteiger partial charge is 0.333 e. The molecule has 0 unspecified atom stereocenters. The Morgan fingerprint density at radius 3 is 2.57 bits per heavy atom. The predicted molar refractivity (Wildman–Crippen MR) is 158 cm³/mol. The second-order valence-corrected chi connectivity index (χ2v) is 12.9. The summed E-state index contributed by atoms with van der Waals surface area (Å²) in [5.74, 6) is 0.982. The fraction of sp³-hybridized carbons (Fsp3) is 0.484. The third-order valence-corrected chi connectivity index (χ3v) is 10.4. The molecule has 3 aromatic heterocycles. The second kappa shape index (κ2) is 10.9. The van der Waals surface area contributed by atoms with E-state index >= 15 is 0 Å². The topological polar surface area (TPSA) is 126 Å². The first kappa shape index (κ1) is 28.4. The number of ether oxygens (including phenoxy) is 2. The Labute approximate surface area is 246 Å². The third-order valence-electron chi connectivity index (χ3n) is 9.06. The lowest BCUT2D eigenvalue weighted by Gasteiger charge is -2.27. The number of fused-ring (bicyclic) bond motifs is 2. The minimum atomic E-state index is -1.80. The fourth-order valence-corrected chi connectivity index (χ4v) is 8.04. The number of rotatable bonds is 9. The maximum atomic E-state index is 14.2. The lowest BCUT2D eigenvalue weighted by Crippen LogP contribution is -2.52. The van der Waals surface area contributed by atoms with Gasteiger partial charge in [-0.15, -0.1) is 11.3 Å². The summed E-state index contributed by atoms with van der Waals surface area (Å²) in [6, 6.07) is 7.57. The van der Waals surface area contributed by atoms with Gasteiger partial charge in [0.2, 0.25) is 5.89 Å². The van der Waals surface area contributed by atoms with Gasteiger partial charge in [0.05, 0.1) is 36.2 Å². The Bertz CT molecular complexity index is 1740. The number of oxazole rings is 1. The average molecular weight is 594 g/mol. The van der Waals surface area contributed by atoms with Gasteiger partial charge in [-0.2, -0.15) is 0 Å². The van der Waals surface area contributed by atoms with Crippen LogP contribution in [0.1, 0.15) is 63.2 Å². The number of carboxylic acid groups (broad SMARTS) is 1. The van der Waals surface area contributed by atoms with Gasteiger partial charge in [-0.25, -0.2) is 19.1 Å². The molecule has 0 bridgehead atoms. The predicted octanol–water partition coefficient (Wildman–Crippen LogP) is 5.35. The number of methoxy groups -OCH3 is 1. The Hall–Kier alpha value is -3.70. The van der Waals surface area contributed by atoms with Gasteiger partial charge in [0.25, 0.3) is 5.56 Å². The molecule has 42 heavy (non-hydrogen) atoms. The largest absolute Gasteiger partial charge is 0.496 e. The molecule has 3 atom stereocenters. The monoisotopic (exact) mass is 593 g/mol. The van der Waals surface area contributed by atoms with Crippen LogP contribution in [-0.2, 0) is 21.6 Å². The first-order valence-electron chi connectivity index (χ1n) is 14.3. The van der Waals surface area contributed by atoms with E-state index in [1.165, 1.54) is 61.5 Å². The molecule has 2 fully saturated rings. The van der Waals surface area contributed by atoms with E-state index in [2.05, 4.69) is 4.98 Å². The third kappa shape index (κ3) is 4.68. The van der Waals surface area contributed by atoms with Crippen molar-refractivity contribution in [2.75, 3.05) is 7.11 Å². The van der Waals surface area contributed by atoms with Crippen LogP contribution in [0.3, 0.4) is 0 Å².